The zero-order chi connectivity index (χ0) is 11.3. The van der Waals surface area contributed by atoms with Crippen LogP contribution in [0.1, 0.15) is 17.3 Å². The van der Waals surface area contributed by atoms with Crippen LogP contribution in [0.25, 0.3) is 0 Å². The fourth-order valence-corrected chi connectivity index (χ4v) is 1.53. The summed E-state index contributed by atoms with van der Waals surface area (Å²) in [6.45, 7) is 2.08. The van der Waals surface area contributed by atoms with E-state index in [-0.39, 0.29) is 5.97 Å². The molecule has 0 aliphatic rings. The van der Waals surface area contributed by atoms with E-state index < -0.39 is 0 Å². The van der Waals surface area contributed by atoms with Crippen molar-refractivity contribution in [2.45, 2.75) is 6.92 Å². The molecule has 0 spiro atoms. The van der Waals surface area contributed by atoms with Crippen LogP contribution in [-0.4, -0.2) is 19.0 Å². The molecule has 1 aromatic carbocycles. The lowest BCUT2D eigenvalue weighted by molar-refractivity contribution is -0.105. The van der Waals surface area contributed by atoms with E-state index in [1.807, 2.05) is 0 Å². The Hall–Kier alpha value is -1.36. The Labute approximate surface area is 95.7 Å². The molecule has 1 aromatic rings. The molecule has 0 saturated carbocycles. The van der Waals surface area contributed by atoms with Crippen LogP contribution in [0.3, 0.4) is 0 Å². The zero-order valence-corrected chi connectivity index (χ0v) is 9.71. The van der Waals surface area contributed by atoms with Crippen molar-refractivity contribution in [3.8, 4) is 0 Å². The van der Waals surface area contributed by atoms with E-state index in [9.17, 15) is 9.59 Å². The highest BCUT2D eigenvalue weighted by molar-refractivity contribution is 9.10. The predicted molar refractivity (Wildman–Crippen MR) is 59.8 cm³/mol. The molecule has 0 aliphatic carbocycles. The second-order valence-electron chi connectivity index (χ2n) is 2.68. The van der Waals surface area contributed by atoms with E-state index in [1.54, 1.807) is 25.1 Å². The van der Waals surface area contributed by atoms with Gasteiger partial charge in [-0.25, -0.2) is 4.79 Å². The molecule has 0 aromatic heterocycles. The summed E-state index contributed by atoms with van der Waals surface area (Å²) >= 11 is 3.24. The van der Waals surface area contributed by atoms with Gasteiger partial charge in [-0.05, 0) is 41.1 Å². The molecule has 80 valence electrons. The molecule has 1 N–H and O–H groups in total. The van der Waals surface area contributed by atoms with Crippen LogP contribution in [0.5, 0.6) is 0 Å². The number of hydrogen-bond donors (Lipinski definition) is 1. The lowest BCUT2D eigenvalue weighted by Crippen LogP contribution is -2.05. The number of carbonyl (C=O) groups is 2. The van der Waals surface area contributed by atoms with Crippen LogP contribution in [0.15, 0.2) is 22.7 Å². The first-order valence-corrected chi connectivity index (χ1v) is 5.15. The van der Waals surface area contributed by atoms with Gasteiger partial charge in [-0.2, -0.15) is 0 Å². The highest BCUT2D eigenvalue weighted by atomic mass is 79.9. The number of halogens is 1. The maximum absolute atomic E-state index is 11.3. The third-order valence-corrected chi connectivity index (χ3v) is 2.35. The van der Waals surface area contributed by atoms with E-state index in [1.165, 1.54) is 0 Å². The van der Waals surface area contributed by atoms with Crippen LogP contribution < -0.4 is 5.32 Å². The number of carbonyl (C=O) groups excluding carboxylic acids is 2. The topological polar surface area (TPSA) is 55.4 Å². The van der Waals surface area contributed by atoms with Gasteiger partial charge in [0.15, 0.2) is 0 Å². The van der Waals surface area contributed by atoms with Gasteiger partial charge in [-0.15, -0.1) is 0 Å². The van der Waals surface area contributed by atoms with Crippen molar-refractivity contribution in [3.05, 3.63) is 28.2 Å². The van der Waals surface area contributed by atoms with Gasteiger partial charge in [0.2, 0.25) is 6.41 Å². The van der Waals surface area contributed by atoms with Gasteiger partial charge in [0, 0.05) is 4.47 Å². The molecule has 1 rings (SSSR count). The molecule has 1 amide bonds. The van der Waals surface area contributed by atoms with Crippen LogP contribution in [0.2, 0.25) is 0 Å². The van der Waals surface area contributed by atoms with Crippen LogP contribution >= 0.6 is 15.9 Å². The van der Waals surface area contributed by atoms with Gasteiger partial charge >= 0.3 is 5.97 Å². The Morgan fingerprint density at radius 1 is 1.60 bits per heavy atom. The first kappa shape index (κ1) is 11.7. The third-order valence-electron chi connectivity index (χ3n) is 1.69. The molecule has 4 nitrogen and oxygen atoms in total. The summed E-state index contributed by atoms with van der Waals surface area (Å²) in [6.07, 6.45) is 0.574. The van der Waals surface area contributed by atoms with E-state index in [0.29, 0.717) is 28.7 Å². The molecule has 0 atom stereocenters. The first-order chi connectivity index (χ1) is 7.19. The van der Waals surface area contributed by atoms with Gasteiger partial charge in [-0.3, -0.25) is 4.79 Å². The number of amides is 1. The van der Waals surface area contributed by atoms with Gasteiger partial charge in [-0.1, -0.05) is 0 Å². The lowest BCUT2D eigenvalue weighted by atomic mass is 10.2. The smallest absolute Gasteiger partial charge is 0.338 e. The molecule has 15 heavy (non-hydrogen) atoms. The van der Waals surface area contributed by atoms with Gasteiger partial charge < -0.3 is 10.1 Å². The van der Waals surface area contributed by atoms with E-state index in [2.05, 4.69) is 21.2 Å². The fraction of sp³-hybridized carbons (Fsp3) is 0.200. The minimum Gasteiger partial charge on any atom is -0.462 e. The minimum atomic E-state index is -0.379. The van der Waals surface area contributed by atoms with Crippen molar-refractivity contribution < 1.29 is 14.3 Å². The maximum Gasteiger partial charge on any atom is 0.338 e. The van der Waals surface area contributed by atoms with Crippen molar-refractivity contribution in [1.29, 1.82) is 0 Å². The summed E-state index contributed by atoms with van der Waals surface area (Å²) in [4.78, 5) is 21.6. The molecular formula is C10H10BrNO3. The van der Waals surface area contributed by atoms with Crippen LogP contribution in [0.4, 0.5) is 5.69 Å². The summed E-state index contributed by atoms with van der Waals surface area (Å²) in [5.41, 5.74) is 1.05. The quantitative estimate of drug-likeness (QED) is 0.675. The molecule has 0 unspecified atom stereocenters. The number of benzene rings is 1. The number of anilines is 1. The molecule has 0 bridgehead atoms. The van der Waals surface area contributed by atoms with Gasteiger partial charge in [0.25, 0.3) is 0 Å². The number of ether oxygens (including phenoxy) is 1. The summed E-state index contributed by atoms with van der Waals surface area (Å²) < 4.78 is 5.47. The molecular weight excluding hydrogens is 262 g/mol. The van der Waals surface area contributed by atoms with Gasteiger partial charge in [0.05, 0.1) is 17.9 Å². The van der Waals surface area contributed by atoms with Crippen molar-refractivity contribution in [2.75, 3.05) is 11.9 Å². The largest absolute Gasteiger partial charge is 0.462 e. The SMILES string of the molecule is CCOC(=O)c1ccc(NC=O)c(Br)c1. The molecule has 0 saturated heterocycles. The van der Waals surface area contributed by atoms with E-state index in [4.69, 9.17) is 4.74 Å². The van der Waals surface area contributed by atoms with E-state index >= 15 is 0 Å². The normalized spacial score (nSPS) is 9.47. The molecule has 0 aliphatic heterocycles. The highest BCUT2D eigenvalue weighted by Gasteiger charge is 2.08. The summed E-state index contributed by atoms with van der Waals surface area (Å²) in [6, 6.07) is 4.82. The van der Waals surface area contributed by atoms with Crippen LogP contribution in [0, 0.1) is 0 Å². The highest BCUT2D eigenvalue weighted by Crippen LogP contribution is 2.23. The first-order valence-electron chi connectivity index (χ1n) is 4.36. The summed E-state index contributed by atoms with van der Waals surface area (Å²) in [5, 5.41) is 2.49. The second kappa shape index (κ2) is 5.50. The number of rotatable bonds is 4. The van der Waals surface area contributed by atoms with E-state index in [0.717, 1.165) is 0 Å². The Bertz CT molecular complexity index is 379. The lowest BCUT2D eigenvalue weighted by Gasteiger charge is -2.05. The molecule has 0 fully saturated rings. The Kier molecular flexibility index (Phi) is 4.30. The zero-order valence-electron chi connectivity index (χ0n) is 8.12. The van der Waals surface area contributed by atoms with Crippen molar-refractivity contribution >= 4 is 34.0 Å². The standard InChI is InChI=1S/C10H10BrNO3/c1-2-15-10(14)7-3-4-9(12-6-13)8(11)5-7/h3-6H,2H2,1H3,(H,12,13). The Morgan fingerprint density at radius 2 is 2.33 bits per heavy atom. The molecule has 0 heterocycles. The Morgan fingerprint density at radius 3 is 2.87 bits per heavy atom. The monoisotopic (exact) mass is 271 g/mol. The average molecular weight is 272 g/mol. The van der Waals surface area contributed by atoms with Crippen molar-refractivity contribution in [3.63, 3.8) is 0 Å². The molecule has 5 heteroatoms. The maximum atomic E-state index is 11.3. The van der Waals surface area contributed by atoms with Crippen molar-refractivity contribution in [2.24, 2.45) is 0 Å². The molecule has 0 radical (unpaired) electrons. The predicted octanol–water partition coefficient (Wildman–Crippen LogP) is 2.19. The van der Waals surface area contributed by atoms with Crippen molar-refractivity contribution in [1.82, 2.24) is 0 Å². The number of esters is 1. The second-order valence-corrected chi connectivity index (χ2v) is 3.53. The summed E-state index contributed by atoms with van der Waals surface area (Å²) in [7, 11) is 0. The number of nitrogens with one attached hydrogen (secondary N) is 1. The Balaban J connectivity index is 2.90. The summed E-state index contributed by atoms with van der Waals surface area (Å²) in [5.74, 6) is -0.379. The third kappa shape index (κ3) is 3.06. The number of hydrogen-bond acceptors (Lipinski definition) is 3. The minimum absolute atomic E-state index is 0.338. The van der Waals surface area contributed by atoms with Gasteiger partial charge in [0.1, 0.15) is 0 Å². The van der Waals surface area contributed by atoms with Crippen LogP contribution in [-0.2, 0) is 9.53 Å². The fourth-order valence-electron chi connectivity index (χ4n) is 1.04. The average Bonchev–Trinajstić information content (AvgIpc) is 2.21.